The van der Waals surface area contributed by atoms with Gasteiger partial charge in [0.05, 0.1) is 17.5 Å². The van der Waals surface area contributed by atoms with Crippen molar-refractivity contribution in [1.82, 2.24) is 10.3 Å². The molecule has 0 bridgehead atoms. The molecule has 0 aliphatic carbocycles. The SMILES string of the molecule is COc1ccc2c(Sc3ccc(C)cc3)c(C(=O)NCCCc3ccccc3)[nH]c2c1. The molecule has 3 aromatic carbocycles. The van der Waals surface area contributed by atoms with Gasteiger partial charge in [0, 0.05) is 22.9 Å². The van der Waals surface area contributed by atoms with E-state index in [-0.39, 0.29) is 5.91 Å². The highest BCUT2D eigenvalue weighted by atomic mass is 32.2. The van der Waals surface area contributed by atoms with Crippen LogP contribution in [0.2, 0.25) is 0 Å². The normalized spacial score (nSPS) is 10.9. The summed E-state index contributed by atoms with van der Waals surface area (Å²) in [7, 11) is 1.65. The third-order valence-electron chi connectivity index (χ3n) is 5.20. The van der Waals surface area contributed by atoms with Gasteiger partial charge in [-0.05, 0) is 49.6 Å². The Morgan fingerprint density at radius 3 is 2.55 bits per heavy atom. The van der Waals surface area contributed by atoms with E-state index in [1.54, 1.807) is 18.9 Å². The zero-order chi connectivity index (χ0) is 21.6. The molecule has 0 fully saturated rings. The van der Waals surface area contributed by atoms with Gasteiger partial charge >= 0.3 is 0 Å². The topological polar surface area (TPSA) is 54.1 Å². The number of aromatic amines is 1. The van der Waals surface area contributed by atoms with Crippen molar-refractivity contribution in [2.24, 2.45) is 0 Å². The molecule has 2 N–H and O–H groups in total. The summed E-state index contributed by atoms with van der Waals surface area (Å²) in [4.78, 5) is 18.4. The zero-order valence-corrected chi connectivity index (χ0v) is 18.6. The molecule has 4 rings (SSSR count). The first-order chi connectivity index (χ1) is 15.1. The van der Waals surface area contributed by atoms with Crippen LogP contribution in [0.15, 0.2) is 82.6 Å². The minimum Gasteiger partial charge on any atom is -0.497 e. The van der Waals surface area contributed by atoms with E-state index in [1.165, 1.54) is 11.1 Å². The summed E-state index contributed by atoms with van der Waals surface area (Å²) < 4.78 is 5.36. The second kappa shape index (κ2) is 9.75. The number of aromatic nitrogens is 1. The molecule has 1 heterocycles. The number of fused-ring (bicyclic) bond motifs is 1. The number of carbonyl (C=O) groups is 1. The second-order valence-electron chi connectivity index (χ2n) is 7.50. The second-order valence-corrected chi connectivity index (χ2v) is 8.58. The minimum absolute atomic E-state index is 0.0853. The number of nitrogens with one attached hydrogen (secondary N) is 2. The smallest absolute Gasteiger partial charge is 0.268 e. The van der Waals surface area contributed by atoms with E-state index in [1.807, 2.05) is 36.4 Å². The van der Waals surface area contributed by atoms with Gasteiger partial charge in [0.25, 0.3) is 5.91 Å². The molecular formula is C26H26N2O2S. The summed E-state index contributed by atoms with van der Waals surface area (Å²) in [6, 6.07) is 24.5. The van der Waals surface area contributed by atoms with E-state index in [9.17, 15) is 4.79 Å². The van der Waals surface area contributed by atoms with Gasteiger partial charge in [-0.15, -0.1) is 0 Å². The standard InChI is InChI=1S/C26H26N2O2S/c1-18-10-13-21(14-11-18)31-25-22-15-12-20(30-2)17-23(22)28-24(25)26(29)27-16-6-9-19-7-4-3-5-8-19/h3-5,7-8,10-15,17,28H,6,9,16H2,1-2H3,(H,27,29). The van der Waals surface area contributed by atoms with Crippen LogP contribution in [0.25, 0.3) is 10.9 Å². The number of methoxy groups -OCH3 is 1. The number of hydrogen-bond acceptors (Lipinski definition) is 3. The van der Waals surface area contributed by atoms with Crippen LogP contribution in [0.1, 0.15) is 28.0 Å². The van der Waals surface area contributed by atoms with Crippen LogP contribution in [-0.2, 0) is 6.42 Å². The highest BCUT2D eigenvalue weighted by Gasteiger charge is 2.19. The van der Waals surface area contributed by atoms with Gasteiger partial charge < -0.3 is 15.0 Å². The van der Waals surface area contributed by atoms with E-state index in [0.717, 1.165) is 39.3 Å². The van der Waals surface area contributed by atoms with Crippen LogP contribution in [0.3, 0.4) is 0 Å². The fourth-order valence-corrected chi connectivity index (χ4v) is 4.54. The molecule has 0 saturated carbocycles. The third-order valence-corrected chi connectivity index (χ3v) is 6.33. The molecule has 158 valence electrons. The predicted molar refractivity (Wildman–Crippen MR) is 127 cm³/mol. The molecule has 0 saturated heterocycles. The number of H-pyrrole nitrogens is 1. The van der Waals surface area contributed by atoms with Gasteiger partial charge in [0.1, 0.15) is 11.4 Å². The Morgan fingerprint density at radius 2 is 1.81 bits per heavy atom. The fraction of sp³-hybridized carbons (Fsp3) is 0.192. The lowest BCUT2D eigenvalue weighted by atomic mass is 10.1. The van der Waals surface area contributed by atoms with Gasteiger partial charge in [-0.1, -0.05) is 59.8 Å². The Morgan fingerprint density at radius 1 is 1.03 bits per heavy atom. The lowest BCUT2D eigenvalue weighted by Gasteiger charge is -2.07. The van der Waals surface area contributed by atoms with Crippen molar-refractivity contribution in [3.8, 4) is 5.75 Å². The zero-order valence-electron chi connectivity index (χ0n) is 17.8. The number of rotatable bonds is 8. The Bertz CT molecular complexity index is 1170. The molecular weight excluding hydrogens is 404 g/mol. The Kier molecular flexibility index (Phi) is 6.63. The first-order valence-electron chi connectivity index (χ1n) is 10.4. The Labute approximate surface area is 187 Å². The van der Waals surface area contributed by atoms with Gasteiger partial charge in [-0.3, -0.25) is 4.79 Å². The number of carbonyl (C=O) groups excluding carboxylic acids is 1. The summed E-state index contributed by atoms with van der Waals surface area (Å²) in [5.74, 6) is 0.674. The van der Waals surface area contributed by atoms with Crippen LogP contribution in [-0.4, -0.2) is 24.5 Å². The van der Waals surface area contributed by atoms with Crippen molar-refractivity contribution in [3.05, 3.63) is 89.6 Å². The highest BCUT2D eigenvalue weighted by molar-refractivity contribution is 7.99. The van der Waals surface area contributed by atoms with Gasteiger partial charge in [-0.2, -0.15) is 0 Å². The number of aryl methyl sites for hydroxylation is 2. The Hall–Kier alpha value is -3.18. The van der Waals surface area contributed by atoms with Crippen molar-refractivity contribution in [2.45, 2.75) is 29.6 Å². The molecule has 0 atom stereocenters. The lowest BCUT2D eigenvalue weighted by molar-refractivity contribution is 0.0946. The van der Waals surface area contributed by atoms with Crippen molar-refractivity contribution >= 4 is 28.6 Å². The molecule has 1 aromatic heterocycles. The van der Waals surface area contributed by atoms with Crippen LogP contribution < -0.4 is 10.1 Å². The van der Waals surface area contributed by atoms with E-state index >= 15 is 0 Å². The molecule has 0 spiro atoms. The largest absolute Gasteiger partial charge is 0.497 e. The van der Waals surface area contributed by atoms with E-state index in [0.29, 0.717) is 12.2 Å². The monoisotopic (exact) mass is 430 g/mol. The number of hydrogen-bond donors (Lipinski definition) is 2. The van der Waals surface area contributed by atoms with Crippen molar-refractivity contribution < 1.29 is 9.53 Å². The highest BCUT2D eigenvalue weighted by Crippen LogP contribution is 2.38. The summed E-state index contributed by atoms with van der Waals surface area (Å²) in [5.41, 5.74) is 3.98. The number of benzene rings is 3. The van der Waals surface area contributed by atoms with Crippen LogP contribution >= 0.6 is 11.8 Å². The van der Waals surface area contributed by atoms with E-state index in [4.69, 9.17) is 4.74 Å². The molecule has 4 aromatic rings. The predicted octanol–water partition coefficient (Wildman–Crippen LogP) is 6.00. The van der Waals surface area contributed by atoms with Crippen molar-refractivity contribution in [1.29, 1.82) is 0 Å². The molecule has 0 radical (unpaired) electrons. The minimum atomic E-state index is -0.0853. The van der Waals surface area contributed by atoms with Crippen LogP contribution in [0, 0.1) is 6.92 Å². The summed E-state index contributed by atoms with van der Waals surface area (Å²) in [6.45, 7) is 2.70. The van der Waals surface area contributed by atoms with Crippen molar-refractivity contribution in [3.63, 3.8) is 0 Å². The molecule has 0 aliphatic rings. The lowest BCUT2D eigenvalue weighted by Crippen LogP contribution is -2.25. The van der Waals surface area contributed by atoms with Crippen LogP contribution in [0.5, 0.6) is 5.75 Å². The van der Waals surface area contributed by atoms with E-state index < -0.39 is 0 Å². The number of ether oxygens (including phenoxy) is 1. The molecule has 1 amide bonds. The molecule has 4 nitrogen and oxygen atoms in total. The van der Waals surface area contributed by atoms with Gasteiger partial charge in [-0.25, -0.2) is 0 Å². The van der Waals surface area contributed by atoms with Gasteiger partial charge in [0.2, 0.25) is 0 Å². The summed E-state index contributed by atoms with van der Waals surface area (Å²) in [5, 5.41) is 4.09. The maximum atomic E-state index is 13.1. The quantitative estimate of drug-likeness (QED) is 0.337. The summed E-state index contributed by atoms with van der Waals surface area (Å²) >= 11 is 1.60. The van der Waals surface area contributed by atoms with Crippen LogP contribution in [0.4, 0.5) is 0 Å². The molecule has 31 heavy (non-hydrogen) atoms. The molecule has 0 unspecified atom stereocenters. The fourth-order valence-electron chi connectivity index (χ4n) is 3.50. The van der Waals surface area contributed by atoms with Crippen molar-refractivity contribution in [2.75, 3.05) is 13.7 Å². The maximum Gasteiger partial charge on any atom is 0.268 e. The molecule has 0 aliphatic heterocycles. The average Bonchev–Trinajstić information content (AvgIpc) is 3.16. The molecule has 5 heteroatoms. The Balaban J connectivity index is 1.54. The number of amides is 1. The maximum absolute atomic E-state index is 13.1. The first-order valence-corrected chi connectivity index (χ1v) is 11.2. The summed E-state index contributed by atoms with van der Waals surface area (Å²) in [6.07, 6.45) is 1.83. The van der Waals surface area contributed by atoms with E-state index in [2.05, 4.69) is 53.6 Å². The third kappa shape index (κ3) is 5.12. The average molecular weight is 431 g/mol. The first kappa shape index (κ1) is 21.1. The van der Waals surface area contributed by atoms with Gasteiger partial charge in [0.15, 0.2) is 0 Å².